The fourth-order valence-electron chi connectivity index (χ4n) is 2.12. The first-order chi connectivity index (χ1) is 8.24. The highest BCUT2D eigenvalue weighted by molar-refractivity contribution is 5.21. The Bertz CT molecular complexity index is 459. The average Bonchev–Trinajstić information content (AvgIpc) is 2.81. The molecule has 0 saturated carbocycles. The second-order valence-corrected chi connectivity index (χ2v) is 4.51. The van der Waals surface area contributed by atoms with Gasteiger partial charge in [0.15, 0.2) is 0 Å². The SMILES string of the molecule is CC(C)c1nccn1C(CN)c1ccccc1. The van der Waals surface area contributed by atoms with Gasteiger partial charge in [0.1, 0.15) is 5.82 Å². The Balaban J connectivity index is 2.39. The number of nitrogens with zero attached hydrogens (tertiary/aromatic N) is 2. The maximum absolute atomic E-state index is 5.92. The normalized spacial score (nSPS) is 12.9. The molecule has 3 nitrogen and oxygen atoms in total. The Kier molecular flexibility index (Phi) is 3.59. The Labute approximate surface area is 102 Å². The van der Waals surface area contributed by atoms with Crippen molar-refractivity contribution in [3.63, 3.8) is 0 Å². The fraction of sp³-hybridized carbons (Fsp3) is 0.357. The fourth-order valence-corrected chi connectivity index (χ4v) is 2.12. The molecule has 0 aliphatic carbocycles. The summed E-state index contributed by atoms with van der Waals surface area (Å²) in [7, 11) is 0. The van der Waals surface area contributed by atoms with Crippen molar-refractivity contribution >= 4 is 0 Å². The third kappa shape index (κ3) is 2.39. The van der Waals surface area contributed by atoms with Crippen LogP contribution in [-0.4, -0.2) is 16.1 Å². The van der Waals surface area contributed by atoms with E-state index in [1.54, 1.807) is 0 Å². The van der Waals surface area contributed by atoms with E-state index in [1.165, 1.54) is 5.56 Å². The molecule has 1 unspecified atom stereocenters. The molecule has 2 N–H and O–H groups in total. The molecule has 2 aromatic rings. The average molecular weight is 229 g/mol. The number of nitrogens with two attached hydrogens (primary N) is 1. The van der Waals surface area contributed by atoms with Crippen LogP contribution in [-0.2, 0) is 0 Å². The van der Waals surface area contributed by atoms with E-state index in [0.29, 0.717) is 12.5 Å². The first-order valence-corrected chi connectivity index (χ1v) is 6.01. The van der Waals surface area contributed by atoms with Crippen LogP contribution in [0, 0.1) is 0 Å². The second kappa shape index (κ2) is 5.15. The molecule has 1 aromatic heterocycles. The number of rotatable bonds is 4. The van der Waals surface area contributed by atoms with Gasteiger partial charge in [-0.2, -0.15) is 0 Å². The van der Waals surface area contributed by atoms with Gasteiger partial charge in [-0.25, -0.2) is 4.98 Å². The molecular formula is C14H19N3. The molecule has 1 heterocycles. The minimum absolute atomic E-state index is 0.177. The number of hydrogen-bond acceptors (Lipinski definition) is 2. The molecule has 1 atom stereocenters. The molecule has 0 fully saturated rings. The van der Waals surface area contributed by atoms with Gasteiger partial charge in [0.2, 0.25) is 0 Å². The summed E-state index contributed by atoms with van der Waals surface area (Å²) in [6.07, 6.45) is 3.86. The summed E-state index contributed by atoms with van der Waals surface area (Å²) in [5.74, 6) is 1.49. The van der Waals surface area contributed by atoms with Gasteiger partial charge in [-0.15, -0.1) is 0 Å². The molecule has 0 aliphatic heterocycles. The highest BCUT2D eigenvalue weighted by Crippen LogP contribution is 2.22. The molecule has 2 rings (SSSR count). The molecule has 0 aliphatic rings. The van der Waals surface area contributed by atoms with Gasteiger partial charge in [0, 0.05) is 24.9 Å². The topological polar surface area (TPSA) is 43.8 Å². The molecule has 0 amide bonds. The maximum Gasteiger partial charge on any atom is 0.111 e. The van der Waals surface area contributed by atoms with Crippen molar-refractivity contribution in [3.05, 3.63) is 54.1 Å². The van der Waals surface area contributed by atoms with E-state index in [9.17, 15) is 0 Å². The zero-order valence-corrected chi connectivity index (χ0v) is 10.4. The summed E-state index contributed by atoms with van der Waals surface area (Å²) in [5.41, 5.74) is 7.15. The van der Waals surface area contributed by atoms with Gasteiger partial charge in [-0.3, -0.25) is 0 Å². The monoisotopic (exact) mass is 229 g/mol. The van der Waals surface area contributed by atoms with Crippen LogP contribution in [0.25, 0.3) is 0 Å². The van der Waals surface area contributed by atoms with E-state index in [4.69, 9.17) is 5.73 Å². The number of hydrogen-bond donors (Lipinski definition) is 1. The third-order valence-electron chi connectivity index (χ3n) is 2.96. The van der Waals surface area contributed by atoms with E-state index >= 15 is 0 Å². The van der Waals surface area contributed by atoms with E-state index in [0.717, 1.165) is 5.82 Å². The lowest BCUT2D eigenvalue weighted by atomic mass is 10.1. The van der Waals surface area contributed by atoms with Crippen LogP contribution in [0.4, 0.5) is 0 Å². The number of benzene rings is 1. The van der Waals surface area contributed by atoms with Crippen molar-refractivity contribution in [3.8, 4) is 0 Å². The number of imidazole rings is 1. The summed E-state index contributed by atoms with van der Waals surface area (Å²) >= 11 is 0. The van der Waals surface area contributed by atoms with Gasteiger partial charge in [-0.05, 0) is 5.56 Å². The first-order valence-electron chi connectivity index (χ1n) is 6.01. The molecule has 17 heavy (non-hydrogen) atoms. The van der Waals surface area contributed by atoms with E-state index in [2.05, 4.69) is 35.5 Å². The van der Waals surface area contributed by atoms with E-state index in [-0.39, 0.29) is 6.04 Å². The van der Waals surface area contributed by atoms with Crippen LogP contribution in [0.2, 0.25) is 0 Å². The molecule has 0 saturated heterocycles. The highest BCUT2D eigenvalue weighted by Gasteiger charge is 2.16. The van der Waals surface area contributed by atoms with E-state index in [1.807, 2.05) is 30.6 Å². The Morgan fingerprint density at radius 2 is 1.94 bits per heavy atom. The zero-order chi connectivity index (χ0) is 12.3. The second-order valence-electron chi connectivity index (χ2n) is 4.51. The first kappa shape index (κ1) is 11.9. The highest BCUT2D eigenvalue weighted by atomic mass is 15.1. The number of aromatic nitrogens is 2. The molecule has 0 bridgehead atoms. The molecular weight excluding hydrogens is 210 g/mol. The van der Waals surface area contributed by atoms with Crippen LogP contribution in [0.1, 0.15) is 37.2 Å². The predicted molar refractivity (Wildman–Crippen MR) is 70.0 cm³/mol. The zero-order valence-electron chi connectivity index (χ0n) is 10.4. The van der Waals surface area contributed by atoms with Gasteiger partial charge >= 0.3 is 0 Å². The van der Waals surface area contributed by atoms with Crippen molar-refractivity contribution < 1.29 is 0 Å². The summed E-state index contributed by atoms with van der Waals surface area (Å²) in [5, 5.41) is 0. The minimum atomic E-state index is 0.177. The smallest absolute Gasteiger partial charge is 0.111 e. The van der Waals surface area contributed by atoms with Crippen LogP contribution in [0.15, 0.2) is 42.7 Å². The lowest BCUT2D eigenvalue weighted by molar-refractivity contribution is 0.548. The van der Waals surface area contributed by atoms with E-state index < -0.39 is 0 Å². The van der Waals surface area contributed by atoms with Crippen molar-refractivity contribution in [2.45, 2.75) is 25.8 Å². The van der Waals surface area contributed by atoms with Gasteiger partial charge in [0.05, 0.1) is 6.04 Å². The van der Waals surface area contributed by atoms with Crippen molar-refractivity contribution in [1.82, 2.24) is 9.55 Å². The van der Waals surface area contributed by atoms with Crippen LogP contribution in [0.3, 0.4) is 0 Å². The molecule has 90 valence electrons. The quantitative estimate of drug-likeness (QED) is 0.875. The maximum atomic E-state index is 5.92. The molecule has 1 aromatic carbocycles. The molecule has 3 heteroatoms. The van der Waals surface area contributed by atoms with Crippen molar-refractivity contribution in [2.75, 3.05) is 6.54 Å². The Morgan fingerprint density at radius 3 is 2.53 bits per heavy atom. The largest absolute Gasteiger partial charge is 0.328 e. The lowest BCUT2D eigenvalue weighted by Crippen LogP contribution is -2.22. The third-order valence-corrected chi connectivity index (χ3v) is 2.96. The summed E-state index contributed by atoms with van der Waals surface area (Å²) in [4.78, 5) is 4.42. The van der Waals surface area contributed by atoms with Crippen LogP contribution >= 0.6 is 0 Å². The summed E-state index contributed by atoms with van der Waals surface area (Å²) < 4.78 is 2.18. The van der Waals surface area contributed by atoms with Crippen LogP contribution < -0.4 is 5.73 Å². The minimum Gasteiger partial charge on any atom is -0.328 e. The van der Waals surface area contributed by atoms with Crippen molar-refractivity contribution in [2.24, 2.45) is 5.73 Å². The molecule has 0 radical (unpaired) electrons. The lowest BCUT2D eigenvalue weighted by Gasteiger charge is -2.21. The van der Waals surface area contributed by atoms with Gasteiger partial charge < -0.3 is 10.3 Å². The standard InChI is InChI=1S/C14H19N3/c1-11(2)14-16-8-9-17(14)13(10-15)12-6-4-3-5-7-12/h3-9,11,13H,10,15H2,1-2H3. The van der Waals surface area contributed by atoms with Crippen molar-refractivity contribution in [1.29, 1.82) is 0 Å². The van der Waals surface area contributed by atoms with Gasteiger partial charge in [0.25, 0.3) is 0 Å². The summed E-state index contributed by atoms with van der Waals surface area (Å²) in [6, 6.07) is 10.5. The predicted octanol–water partition coefficient (Wildman–Crippen LogP) is 2.55. The Hall–Kier alpha value is -1.61. The molecule has 0 spiro atoms. The van der Waals surface area contributed by atoms with Gasteiger partial charge in [-0.1, -0.05) is 44.2 Å². The summed E-state index contributed by atoms with van der Waals surface area (Å²) in [6.45, 7) is 4.88. The van der Waals surface area contributed by atoms with Crippen LogP contribution in [0.5, 0.6) is 0 Å². The Morgan fingerprint density at radius 1 is 1.24 bits per heavy atom.